The van der Waals surface area contributed by atoms with Gasteiger partial charge >= 0.3 is 6.03 Å². The molecule has 24 heavy (non-hydrogen) atoms. The molecule has 4 nitrogen and oxygen atoms in total. The highest BCUT2D eigenvalue weighted by atomic mass is 19.1. The lowest BCUT2D eigenvalue weighted by Crippen LogP contribution is -2.40. The zero-order valence-electron chi connectivity index (χ0n) is 13.3. The Labute approximate surface area is 139 Å². The topological polar surface area (TPSA) is 41.6 Å². The van der Waals surface area contributed by atoms with Gasteiger partial charge in [-0.15, -0.1) is 0 Å². The summed E-state index contributed by atoms with van der Waals surface area (Å²) in [5.74, 6) is -1.61. The first-order valence-corrected chi connectivity index (χ1v) is 7.69. The third kappa shape index (κ3) is 3.54. The lowest BCUT2D eigenvalue weighted by molar-refractivity contribution is 0.0159. The van der Waals surface area contributed by atoms with E-state index in [1.807, 2.05) is 24.3 Å². The van der Waals surface area contributed by atoms with Crippen LogP contribution in [0.5, 0.6) is 0 Å². The third-order valence-corrected chi connectivity index (χ3v) is 4.06. The summed E-state index contributed by atoms with van der Waals surface area (Å²) in [6.45, 7) is 0.828. The molecule has 1 atom stereocenters. The minimum absolute atomic E-state index is 0.152. The van der Waals surface area contributed by atoms with Crippen molar-refractivity contribution in [1.29, 1.82) is 0 Å². The molecule has 1 unspecified atom stereocenters. The van der Waals surface area contributed by atoms with Gasteiger partial charge in [0.2, 0.25) is 0 Å². The number of nitrogens with zero attached hydrogens (tertiary/aromatic N) is 1. The summed E-state index contributed by atoms with van der Waals surface area (Å²) in [4.78, 5) is 13.5. The summed E-state index contributed by atoms with van der Waals surface area (Å²) in [6.07, 6.45) is 0.545. The third-order valence-electron chi connectivity index (χ3n) is 4.06. The number of para-hydroxylation sites is 1. The van der Waals surface area contributed by atoms with Gasteiger partial charge in [-0.3, -0.25) is 0 Å². The summed E-state index contributed by atoms with van der Waals surface area (Å²) in [5.41, 5.74) is 1.90. The number of rotatable bonds is 3. The maximum atomic E-state index is 13.6. The molecule has 1 heterocycles. The minimum Gasteiger partial charge on any atom is -0.371 e. The van der Waals surface area contributed by atoms with Crippen LogP contribution in [0.3, 0.4) is 0 Å². The first-order valence-electron chi connectivity index (χ1n) is 7.69. The zero-order chi connectivity index (χ0) is 17.1. The van der Waals surface area contributed by atoms with Crippen molar-refractivity contribution in [3.63, 3.8) is 0 Å². The molecule has 126 valence electrons. The number of hydrogen-bond donors (Lipinski definition) is 1. The number of halogens is 2. The van der Waals surface area contributed by atoms with Crippen LogP contribution in [-0.2, 0) is 17.8 Å². The van der Waals surface area contributed by atoms with Crippen molar-refractivity contribution in [3.05, 3.63) is 65.2 Å². The predicted octanol–water partition coefficient (Wildman–Crippen LogP) is 3.57. The Morgan fingerprint density at radius 2 is 1.83 bits per heavy atom. The van der Waals surface area contributed by atoms with Crippen LogP contribution in [0.25, 0.3) is 0 Å². The monoisotopic (exact) mass is 332 g/mol. The molecule has 1 N–H and O–H groups in total. The van der Waals surface area contributed by atoms with Gasteiger partial charge in [0.25, 0.3) is 0 Å². The summed E-state index contributed by atoms with van der Waals surface area (Å²) >= 11 is 0. The fourth-order valence-electron chi connectivity index (χ4n) is 2.73. The van der Waals surface area contributed by atoms with Gasteiger partial charge in [0.15, 0.2) is 0 Å². The highest BCUT2D eigenvalue weighted by Crippen LogP contribution is 2.21. The SMILES string of the molecule is CN(CC1Cc2ccccc2CO1)C(=O)Nc1c(F)cccc1F. The first-order chi connectivity index (χ1) is 11.5. The first kappa shape index (κ1) is 16.4. The fourth-order valence-corrected chi connectivity index (χ4v) is 2.73. The number of urea groups is 1. The Morgan fingerprint density at radius 1 is 1.17 bits per heavy atom. The lowest BCUT2D eigenvalue weighted by Gasteiger charge is -2.29. The van der Waals surface area contributed by atoms with E-state index in [2.05, 4.69) is 5.32 Å². The normalized spacial score (nSPS) is 16.4. The van der Waals surface area contributed by atoms with Crippen molar-refractivity contribution in [1.82, 2.24) is 4.90 Å². The van der Waals surface area contributed by atoms with Crippen molar-refractivity contribution < 1.29 is 18.3 Å². The quantitative estimate of drug-likeness (QED) is 0.933. The molecule has 2 aromatic rings. The van der Waals surface area contributed by atoms with Crippen molar-refractivity contribution in [2.24, 2.45) is 0 Å². The predicted molar refractivity (Wildman–Crippen MR) is 86.7 cm³/mol. The Kier molecular flexibility index (Phi) is 4.76. The van der Waals surface area contributed by atoms with Crippen molar-refractivity contribution >= 4 is 11.7 Å². The van der Waals surface area contributed by atoms with Gasteiger partial charge in [-0.1, -0.05) is 30.3 Å². The lowest BCUT2D eigenvalue weighted by atomic mass is 9.99. The van der Waals surface area contributed by atoms with Crippen LogP contribution in [-0.4, -0.2) is 30.6 Å². The van der Waals surface area contributed by atoms with Gasteiger partial charge in [0.1, 0.15) is 17.3 Å². The molecule has 2 amide bonds. The zero-order valence-corrected chi connectivity index (χ0v) is 13.3. The summed E-state index contributed by atoms with van der Waals surface area (Å²) < 4.78 is 33.0. The van der Waals surface area contributed by atoms with Crippen LogP contribution >= 0.6 is 0 Å². The second-order valence-corrected chi connectivity index (χ2v) is 5.81. The molecule has 0 bridgehead atoms. The smallest absolute Gasteiger partial charge is 0.321 e. The van der Waals surface area contributed by atoms with E-state index in [9.17, 15) is 13.6 Å². The number of carbonyl (C=O) groups is 1. The molecule has 1 aliphatic heterocycles. The average molecular weight is 332 g/mol. The molecule has 1 aliphatic rings. The van der Waals surface area contributed by atoms with Crippen molar-refractivity contribution in [3.8, 4) is 0 Å². The van der Waals surface area contributed by atoms with Crippen LogP contribution in [0.15, 0.2) is 42.5 Å². The Morgan fingerprint density at radius 3 is 2.54 bits per heavy atom. The molecule has 2 aromatic carbocycles. The highest BCUT2D eigenvalue weighted by molar-refractivity contribution is 5.89. The number of hydrogen-bond acceptors (Lipinski definition) is 2. The summed E-state index contributed by atoms with van der Waals surface area (Å²) in [5, 5.41) is 2.27. The Balaban J connectivity index is 1.61. The Bertz CT molecular complexity index is 731. The van der Waals surface area contributed by atoms with E-state index in [-0.39, 0.29) is 6.10 Å². The second kappa shape index (κ2) is 6.97. The van der Waals surface area contributed by atoms with E-state index in [0.29, 0.717) is 19.6 Å². The molecule has 0 aromatic heterocycles. The van der Waals surface area contributed by atoms with Gasteiger partial charge in [-0.25, -0.2) is 13.6 Å². The van der Waals surface area contributed by atoms with Crippen LogP contribution in [0.4, 0.5) is 19.3 Å². The fraction of sp³-hybridized carbons (Fsp3) is 0.278. The van der Waals surface area contributed by atoms with Crippen LogP contribution < -0.4 is 5.32 Å². The molecule has 6 heteroatoms. The molecular formula is C18H18F2N2O2. The average Bonchev–Trinajstić information content (AvgIpc) is 2.58. The summed E-state index contributed by atoms with van der Waals surface area (Å²) in [7, 11) is 1.57. The molecule has 0 aliphatic carbocycles. The number of fused-ring (bicyclic) bond motifs is 1. The van der Waals surface area contributed by atoms with Crippen molar-refractivity contribution in [2.75, 3.05) is 18.9 Å². The van der Waals surface area contributed by atoms with E-state index in [4.69, 9.17) is 4.74 Å². The van der Waals surface area contributed by atoms with Gasteiger partial charge < -0.3 is 15.0 Å². The number of benzene rings is 2. The van der Waals surface area contributed by atoms with Gasteiger partial charge in [-0.05, 0) is 23.3 Å². The molecule has 3 rings (SSSR count). The van der Waals surface area contributed by atoms with Crippen LogP contribution in [0, 0.1) is 11.6 Å². The number of carbonyl (C=O) groups excluding carboxylic acids is 1. The Hall–Kier alpha value is -2.47. The van der Waals surface area contributed by atoms with Crippen LogP contribution in [0.1, 0.15) is 11.1 Å². The van der Waals surface area contributed by atoms with E-state index >= 15 is 0 Å². The maximum Gasteiger partial charge on any atom is 0.321 e. The molecule has 0 radical (unpaired) electrons. The number of anilines is 1. The molecule has 0 spiro atoms. The number of ether oxygens (including phenoxy) is 1. The molecule has 0 saturated heterocycles. The van der Waals surface area contributed by atoms with Crippen molar-refractivity contribution in [2.45, 2.75) is 19.1 Å². The van der Waals surface area contributed by atoms with E-state index in [1.165, 1.54) is 16.5 Å². The molecule has 0 saturated carbocycles. The largest absolute Gasteiger partial charge is 0.371 e. The number of likely N-dealkylation sites (N-methyl/N-ethyl adjacent to an activating group) is 1. The van der Waals surface area contributed by atoms with Gasteiger partial charge in [-0.2, -0.15) is 0 Å². The maximum absolute atomic E-state index is 13.6. The molecule has 0 fully saturated rings. The minimum atomic E-state index is -0.806. The summed E-state index contributed by atoms with van der Waals surface area (Å²) in [6, 6.07) is 10.9. The number of nitrogens with one attached hydrogen (secondary N) is 1. The van der Waals surface area contributed by atoms with E-state index in [1.54, 1.807) is 7.05 Å². The number of amides is 2. The van der Waals surface area contributed by atoms with E-state index < -0.39 is 23.4 Å². The van der Waals surface area contributed by atoms with E-state index in [0.717, 1.165) is 17.7 Å². The van der Waals surface area contributed by atoms with Gasteiger partial charge in [0.05, 0.1) is 12.7 Å². The highest BCUT2D eigenvalue weighted by Gasteiger charge is 2.23. The van der Waals surface area contributed by atoms with Crippen LogP contribution in [0.2, 0.25) is 0 Å². The second-order valence-electron chi connectivity index (χ2n) is 5.81. The standard InChI is InChI=1S/C18H18F2N2O2/c1-22(18(23)21-17-15(19)7-4-8-16(17)20)10-14-9-12-5-2-3-6-13(12)11-24-14/h2-8,14H,9-11H2,1H3,(H,21,23). The van der Waals surface area contributed by atoms with Gasteiger partial charge in [0, 0.05) is 20.0 Å². The molecular weight excluding hydrogens is 314 g/mol.